The number of hydrogen-bond acceptors (Lipinski definition) is 0. The Labute approximate surface area is 172 Å². The maximum absolute atomic E-state index is 2.31. The zero-order valence-electron chi connectivity index (χ0n) is 13.8. The molecule has 0 nitrogen and oxygen atoms in total. The number of rotatable bonds is 0. The molecule has 0 aliphatic rings. The van der Waals surface area contributed by atoms with E-state index in [1.807, 2.05) is 30.3 Å². The monoisotopic (exact) mass is 448 g/mol. The van der Waals surface area contributed by atoms with Gasteiger partial charge in [-0.05, 0) is 0 Å². The molecule has 0 saturated heterocycles. The maximum Gasteiger partial charge on any atom is -0.0771 e. The zero-order chi connectivity index (χ0) is 15.8. The van der Waals surface area contributed by atoms with Crippen LogP contribution in [0.3, 0.4) is 0 Å². The van der Waals surface area contributed by atoms with Gasteiger partial charge < -0.3 is 24.8 Å². The van der Waals surface area contributed by atoms with Crippen LogP contribution in [0.25, 0.3) is 21.5 Å². The fourth-order valence-electron chi connectivity index (χ4n) is 2.22. The van der Waals surface area contributed by atoms with Crippen LogP contribution in [0.2, 0.25) is 13.1 Å². The minimum atomic E-state index is 0. The van der Waals surface area contributed by atoms with Gasteiger partial charge in [0.2, 0.25) is 0 Å². The molecule has 0 unspecified atom stereocenters. The predicted molar refractivity (Wildman–Crippen MR) is 96.6 cm³/mol. The third-order valence-electron chi connectivity index (χ3n) is 3.08. The summed E-state index contributed by atoms with van der Waals surface area (Å²) in [6.07, 6.45) is 0. The van der Waals surface area contributed by atoms with Crippen LogP contribution in [0, 0.1) is 0 Å². The van der Waals surface area contributed by atoms with E-state index in [9.17, 15) is 0 Å². The Morgan fingerprint density at radius 1 is 0.708 bits per heavy atom. The van der Waals surface area contributed by atoms with Crippen molar-refractivity contribution in [2.45, 2.75) is 13.1 Å². The fraction of sp³-hybridized carbons (Fsp3) is 0.100. The van der Waals surface area contributed by atoms with Crippen LogP contribution >= 0.6 is 0 Å². The predicted octanol–water partition coefficient (Wildman–Crippen LogP) is -0.0903. The summed E-state index contributed by atoms with van der Waals surface area (Å²) in [6.45, 7) is 4.62. The standard InChI is InChI=1S/C13H9.C5H5.C2H6Si.2ClH.Zr/c1-3-7-12-10(5-1)9-11-6-2-4-8-13(11)12;1-2-4-5-3-1;1-3-2;;;/h1-9H;1-5H;1-2H3;2*1H;/q2*-1;;;;+2/p-2. The van der Waals surface area contributed by atoms with Gasteiger partial charge in [0.05, 0.1) is 0 Å². The third kappa shape index (κ3) is 7.49. The second-order valence-electron chi connectivity index (χ2n) is 5.28. The van der Waals surface area contributed by atoms with Gasteiger partial charge in [0.15, 0.2) is 0 Å². The molecule has 0 saturated carbocycles. The molecule has 0 spiro atoms. The first-order valence-corrected chi connectivity index (χ1v) is 13.6. The van der Waals surface area contributed by atoms with Crippen molar-refractivity contribution in [3.8, 4) is 0 Å². The van der Waals surface area contributed by atoms with Crippen molar-refractivity contribution in [1.29, 1.82) is 0 Å². The Kier molecular flexibility index (Phi) is 12.3. The maximum atomic E-state index is 2.31. The molecule has 0 fully saturated rings. The minimum Gasteiger partial charge on any atom is -1.00 e. The summed E-state index contributed by atoms with van der Waals surface area (Å²) < 4.78 is 0. The van der Waals surface area contributed by atoms with E-state index in [1.54, 1.807) is 23.3 Å². The van der Waals surface area contributed by atoms with Crippen molar-refractivity contribution in [2.24, 2.45) is 0 Å². The average Bonchev–Trinajstić information content (AvgIpc) is 3.18. The zero-order valence-corrected chi connectivity index (χ0v) is 18.8. The molecular weight excluding hydrogens is 430 g/mol. The van der Waals surface area contributed by atoms with Gasteiger partial charge in [-0.15, -0.1) is 39.7 Å². The Morgan fingerprint density at radius 3 is 1.42 bits per heavy atom. The van der Waals surface area contributed by atoms with Gasteiger partial charge in [-0.2, -0.15) is 18.2 Å². The van der Waals surface area contributed by atoms with Crippen LogP contribution in [0.4, 0.5) is 0 Å². The molecule has 0 aromatic heterocycles. The SMILES string of the molecule is C[Si](C)=[Zr+2].[Cl-].[Cl-].c1cc[cH-]c1.c1ccc2c(c1)[cH-]c1ccccc12. The summed E-state index contributed by atoms with van der Waals surface area (Å²) in [4.78, 5) is 0. The molecule has 124 valence electrons. The van der Waals surface area contributed by atoms with E-state index in [0.717, 1.165) is 0 Å². The van der Waals surface area contributed by atoms with Crippen LogP contribution in [-0.2, 0) is 23.3 Å². The average molecular weight is 451 g/mol. The Bertz CT molecular complexity index is 764. The van der Waals surface area contributed by atoms with Gasteiger partial charge in [-0.3, -0.25) is 0 Å². The van der Waals surface area contributed by atoms with E-state index in [-0.39, 0.29) is 30.2 Å². The van der Waals surface area contributed by atoms with Gasteiger partial charge >= 0.3 is 41.9 Å². The molecule has 24 heavy (non-hydrogen) atoms. The molecule has 4 aromatic rings. The van der Waals surface area contributed by atoms with Crippen molar-refractivity contribution in [1.82, 2.24) is 0 Å². The molecule has 0 heterocycles. The van der Waals surface area contributed by atoms with E-state index < -0.39 is 0 Å². The Balaban J connectivity index is 0.000000409. The second kappa shape index (κ2) is 12.7. The minimum absolute atomic E-state index is 0. The van der Waals surface area contributed by atoms with E-state index in [4.69, 9.17) is 0 Å². The van der Waals surface area contributed by atoms with Gasteiger partial charge in [0, 0.05) is 0 Å². The van der Waals surface area contributed by atoms with Gasteiger partial charge in [-0.25, -0.2) is 12.1 Å². The summed E-state index contributed by atoms with van der Waals surface area (Å²) in [7, 11) is 0. The first kappa shape index (κ1) is 23.3. The normalized spacial score (nSPS) is 8.83. The topological polar surface area (TPSA) is 0 Å². The fourth-order valence-corrected chi connectivity index (χ4v) is 2.22. The number of benzene rings is 2. The Hall–Kier alpha value is -0.660. The van der Waals surface area contributed by atoms with Crippen molar-refractivity contribution in [2.75, 3.05) is 0 Å². The third-order valence-corrected chi connectivity index (χ3v) is 3.08. The molecule has 4 aromatic carbocycles. The van der Waals surface area contributed by atoms with E-state index in [1.165, 1.54) is 21.5 Å². The quantitative estimate of drug-likeness (QED) is 0.260. The van der Waals surface area contributed by atoms with Crippen LogP contribution < -0.4 is 24.8 Å². The summed E-state index contributed by atoms with van der Waals surface area (Å²) in [5.74, 6) is 0. The molecule has 0 N–H and O–H groups in total. The van der Waals surface area contributed by atoms with Crippen molar-refractivity contribution in [3.05, 3.63) is 84.9 Å². The van der Waals surface area contributed by atoms with E-state index >= 15 is 0 Å². The molecule has 0 radical (unpaired) electrons. The molecule has 0 atom stereocenters. The summed E-state index contributed by atoms with van der Waals surface area (Å²) in [5.41, 5.74) is 0.210. The summed E-state index contributed by atoms with van der Waals surface area (Å²) in [5, 5.41) is 5.39. The molecule has 4 rings (SSSR count). The molecule has 0 bridgehead atoms. The first-order chi connectivity index (χ1) is 10.7. The summed E-state index contributed by atoms with van der Waals surface area (Å²) >= 11 is 1.74. The summed E-state index contributed by atoms with van der Waals surface area (Å²) in [6, 6.07) is 29.3. The largest absolute Gasteiger partial charge is 1.00 e. The number of hydrogen-bond donors (Lipinski definition) is 0. The molecule has 0 aliphatic carbocycles. The molecule has 4 heteroatoms. The molecule has 0 amide bonds. The van der Waals surface area contributed by atoms with Crippen molar-refractivity contribution < 1.29 is 48.1 Å². The molecular formula is C20H20Cl2SiZr-2. The second-order valence-corrected chi connectivity index (χ2v) is 14.7. The number of fused-ring (bicyclic) bond motifs is 3. The smallest absolute Gasteiger partial charge is 0.0771 e. The van der Waals surface area contributed by atoms with Gasteiger partial charge in [0.25, 0.3) is 0 Å². The van der Waals surface area contributed by atoms with Gasteiger partial charge in [-0.1, -0.05) is 36.4 Å². The van der Waals surface area contributed by atoms with Crippen LogP contribution in [-0.4, -0.2) is 5.43 Å². The van der Waals surface area contributed by atoms with Crippen molar-refractivity contribution in [3.63, 3.8) is 0 Å². The Morgan fingerprint density at radius 2 is 1.08 bits per heavy atom. The van der Waals surface area contributed by atoms with Gasteiger partial charge in [0.1, 0.15) is 0 Å². The van der Waals surface area contributed by atoms with E-state index in [0.29, 0.717) is 0 Å². The number of halogens is 2. The first-order valence-electron chi connectivity index (χ1n) is 7.40. The van der Waals surface area contributed by atoms with Crippen LogP contribution in [0.15, 0.2) is 84.9 Å². The van der Waals surface area contributed by atoms with Crippen LogP contribution in [0.1, 0.15) is 0 Å². The molecule has 0 aliphatic heterocycles. The van der Waals surface area contributed by atoms with Crippen LogP contribution in [0.5, 0.6) is 0 Å². The van der Waals surface area contributed by atoms with Crippen molar-refractivity contribution >= 4 is 27.0 Å². The van der Waals surface area contributed by atoms with E-state index in [2.05, 4.69) is 67.7 Å².